The van der Waals surface area contributed by atoms with Gasteiger partial charge in [0.25, 0.3) is 5.56 Å². The number of carbonyl (C=O) groups is 2. The minimum absolute atomic E-state index is 0.0356. The molecule has 0 spiro atoms. The fraction of sp³-hybridized carbons (Fsp3) is 0.615. The lowest BCUT2D eigenvalue weighted by Gasteiger charge is -2.25. The van der Waals surface area contributed by atoms with Crippen LogP contribution in [0.5, 0.6) is 5.75 Å². The molecule has 1 aromatic heterocycles. The number of benzene rings is 1. The van der Waals surface area contributed by atoms with E-state index >= 15 is 4.39 Å². The number of nitrogens with one attached hydrogen (secondary N) is 2. The third kappa shape index (κ3) is 6.12. The van der Waals surface area contributed by atoms with Crippen molar-refractivity contribution in [3.63, 3.8) is 0 Å². The molecule has 13 heteroatoms. The van der Waals surface area contributed by atoms with E-state index in [-0.39, 0.29) is 41.0 Å². The van der Waals surface area contributed by atoms with E-state index in [4.69, 9.17) is 14.2 Å². The lowest BCUT2D eigenvalue weighted by molar-refractivity contribution is 0.0507. The number of hydrogen-bond acceptors (Lipinski definition) is 8. The van der Waals surface area contributed by atoms with Gasteiger partial charge in [-0.05, 0) is 66.9 Å². The summed E-state index contributed by atoms with van der Waals surface area (Å²) in [7, 11) is 1.34. The molecule has 0 unspecified atom stereocenters. The molecule has 1 saturated heterocycles. The van der Waals surface area contributed by atoms with Crippen LogP contribution in [0.1, 0.15) is 66.8 Å². The Hall–Kier alpha value is -3.77. The summed E-state index contributed by atoms with van der Waals surface area (Å²) >= 11 is 0. The predicted octanol–water partition coefficient (Wildman–Crippen LogP) is 3.23. The highest BCUT2D eigenvalue weighted by Gasteiger charge is 2.35. The van der Waals surface area contributed by atoms with Crippen molar-refractivity contribution < 1.29 is 28.2 Å². The summed E-state index contributed by atoms with van der Waals surface area (Å²) < 4.78 is 33.8. The van der Waals surface area contributed by atoms with E-state index in [1.165, 1.54) is 11.7 Å². The molecule has 2 aromatic rings. The summed E-state index contributed by atoms with van der Waals surface area (Å²) in [5.74, 6) is -0.701. The van der Waals surface area contributed by atoms with Crippen molar-refractivity contribution in [1.29, 1.82) is 0 Å². The summed E-state index contributed by atoms with van der Waals surface area (Å²) in [6.07, 6.45) is 0.299. The minimum atomic E-state index is -0.993. The topological polar surface area (TPSA) is 133 Å². The standard InChI is InChI=1S/C26H36FN5O7/c1-25(2,3)38-22(34)28-14-10-11-30(13-14)19-17(27)12-16-18(20(19)37-7)31(15-8-9-15)24(36)32(21(16)33)29-23(35)39-26(4,5)6/h12,14-15H,8-11,13H2,1-7H3,(H,28,34)(H,29,35)/t14-/m0/s1. The largest absolute Gasteiger partial charge is 0.492 e. The van der Waals surface area contributed by atoms with E-state index in [0.29, 0.717) is 30.5 Å². The quantitative estimate of drug-likeness (QED) is 0.581. The van der Waals surface area contributed by atoms with Crippen LogP contribution >= 0.6 is 0 Å². The van der Waals surface area contributed by atoms with Gasteiger partial charge in [0.2, 0.25) is 0 Å². The first-order valence-electron chi connectivity index (χ1n) is 12.9. The Morgan fingerprint density at radius 3 is 2.18 bits per heavy atom. The number of halogens is 1. The molecule has 12 nitrogen and oxygen atoms in total. The van der Waals surface area contributed by atoms with Gasteiger partial charge < -0.3 is 24.4 Å². The Labute approximate surface area is 225 Å². The van der Waals surface area contributed by atoms with Gasteiger partial charge in [0.05, 0.1) is 18.5 Å². The maximum Gasteiger partial charge on any atom is 0.427 e. The van der Waals surface area contributed by atoms with Gasteiger partial charge in [0.15, 0.2) is 11.6 Å². The molecule has 2 aliphatic rings. The second-order valence-corrected chi connectivity index (χ2v) is 11.9. The molecular formula is C26H36FN5O7. The van der Waals surface area contributed by atoms with Crippen LogP contribution in [0.25, 0.3) is 10.9 Å². The molecule has 1 saturated carbocycles. The second-order valence-electron chi connectivity index (χ2n) is 11.9. The highest BCUT2D eigenvalue weighted by Crippen LogP contribution is 2.43. The molecule has 2 N–H and O–H groups in total. The predicted molar refractivity (Wildman–Crippen MR) is 143 cm³/mol. The number of aromatic nitrogens is 2. The average Bonchev–Trinajstić information content (AvgIpc) is 3.52. The van der Waals surface area contributed by atoms with Crippen molar-refractivity contribution in [2.24, 2.45) is 0 Å². The van der Waals surface area contributed by atoms with Crippen LogP contribution in [-0.2, 0) is 9.47 Å². The van der Waals surface area contributed by atoms with Crippen molar-refractivity contribution in [2.75, 3.05) is 30.5 Å². The van der Waals surface area contributed by atoms with E-state index < -0.39 is 40.5 Å². The van der Waals surface area contributed by atoms with E-state index in [0.717, 1.165) is 6.07 Å². The Balaban J connectivity index is 1.76. The van der Waals surface area contributed by atoms with Gasteiger partial charge in [0.1, 0.15) is 22.4 Å². The van der Waals surface area contributed by atoms with Crippen molar-refractivity contribution in [2.45, 2.75) is 84.1 Å². The summed E-state index contributed by atoms with van der Waals surface area (Å²) in [5, 5.41) is 2.68. The Bertz CT molecular complexity index is 1420. The first kappa shape index (κ1) is 28.2. The van der Waals surface area contributed by atoms with Gasteiger partial charge in [-0.2, -0.15) is 4.68 Å². The van der Waals surface area contributed by atoms with E-state index in [2.05, 4.69) is 10.7 Å². The minimum Gasteiger partial charge on any atom is -0.492 e. The molecule has 0 radical (unpaired) electrons. The number of alkyl carbamates (subject to hydrolysis) is 1. The summed E-state index contributed by atoms with van der Waals surface area (Å²) in [6.45, 7) is 10.9. The Morgan fingerprint density at radius 2 is 1.62 bits per heavy atom. The van der Waals surface area contributed by atoms with E-state index in [1.807, 2.05) is 0 Å². The van der Waals surface area contributed by atoms with E-state index in [9.17, 15) is 19.2 Å². The lowest BCUT2D eigenvalue weighted by Crippen LogP contribution is -2.48. The van der Waals surface area contributed by atoms with Crippen molar-refractivity contribution in [3.8, 4) is 5.75 Å². The molecule has 39 heavy (non-hydrogen) atoms. The maximum absolute atomic E-state index is 15.7. The highest BCUT2D eigenvalue weighted by molar-refractivity contribution is 5.91. The molecule has 214 valence electrons. The average molecular weight is 550 g/mol. The van der Waals surface area contributed by atoms with Crippen molar-refractivity contribution in [3.05, 3.63) is 32.7 Å². The number of hydrogen-bond donors (Lipinski definition) is 2. The number of methoxy groups -OCH3 is 1. The number of ether oxygens (including phenoxy) is 3. The highest BCUT2D eigenvalue weighted by atomic mass is 19.1. The van der Waals surface area contributed by atoms with Crippen molar-refractivity contribution in [1.82, 2.24) is 14.6 Å². The molecule has 0 bridgehead atoms. The molecule has 4 rings (SSSR count). The van der Waals surface area contributed by atoms with Crippen LogP contribution in [0.3, 0.4) is 0 Å². The van der Waals surface area contributed by atoms with Gasteiger partial charge in [-0.1, -0.05) is 0 Å². The van der Waals surface area contributed by atoms with Crippen LogP contribution in [0.15, 0.2) is 15.7 Å². The lowest BCUT2D eigenvalue weighted by atomic mass is 10.1. The molecule has 2 amide bonds. The van der Waals surface area contributed by atoms with Gasteiger partial charge in [-0.15, -0.1) is 0 Å². The van der Waals surface area contributed by atoms with Gasteiger partial charge in [-0.25, -0.2) is 24.2 Å². The summed E-state index contributed by atoms with van der Waals surface area (Å²) in [4.78, 5) is 53.2. The molecule has 1 aromatic carbocycles. The first-order chi connectivity index (χ1) is 18.1. The molecule has 2 fully saturated rings. The Kier molecular flexibility index (Phi) is 7.30. The smallest absolute Gasteiger partial charge is 0.427 e. The third-order valence-corrected chi connectivity index (χ3v) is 6.20. The first-order valence-corrected chi connectivity index (χ1v) is 12.9. The summed E-state index contributed by atoms with van der Waals surface area (Å²) in [5.41, 5.74) is -0.784. The van der Waals surface area contributed by atoms with Crippen LogP contribution in [-0.4, -0.2) is 58.9 Å². The SMILES string of the molecule is COc1c(N2CC[C@H](NC(=O)OC(C)(C)C)C2)c(F)cc2c(=O)n(NC(=O)OC(C)(C)C)c(=O)n(C3CC3)c12. The second kappa shape index (κ2) is 10.1. The number of rotatable bonds is 5. The van der Waals surface area contributed by atoms with Crippen LogP contribution < -0.4 is 31.6 Å². The zero-order valence-corrected chi connectivity index (χ0v) is 23.3. The normalized spacial score (nSPS) is 17.7. The maximum atomic E-state index is 15.7. The monoisotopic (exact) mass is 549 g/mol. The van der Waals surface area contributed by atoms with E-state index in [1.54, 1.807) is 46.4 Å². The number of nitrogens with zero attached hydrogens (tertiary/aromatic N) is 3. The fourth-order valence-electron chi connectivity index (χ4n) is 4.62. The zero-order valence-electron chi connectivity index (χ0n) is 23.3. The molecule has 1 aliphatic heterocycles. The third-order valence-electron chi connectivity index (χ3n) is 6.20. The zero-order chi connectivity index (χ0) is 28.9. The number of carbonyl (C=O) groups excluding carboxylic acids is 2. The van der Waals surface area contributed by atoms with Crippen molar-refractivity contribution >= 4 is 28.8 Å². The van der Waals surface area contributed by atoms with Gasteiger partial charge in [-0.3, -0.25) is 9.36 Å². The number of fused-ring (bicyclic) bond motifs is 1. The van der Waals surface area contributed by atoms with Crippen LogP contribution in [0, 0.1) is 5.82 Å². The van der Waals surface area contributed by atoms with Crippen LogP contribution in [0.4, 0.5) is 19.7 Å². The van der Waals surface area contributed by atoms with Crippen LogP contribution in [0.2, 0.25) is 0 Å². The molecular weight excluding hydrogens is 513 g/mol. The molecule has 2 heterocycles. The number of amides is 2. The Morgan fingerprint density at radius 1 is 1.00 bits per heavy atom. The molecule has 1 atom stereocenters. The fourth-order valence-corrected chi connectivity index (χ4v) is 4.62. The molecule has 1 aliphatic carbocycles. The van der Waals surface area contributed by atoms with Gasteiger partial charge >= 0.3 is 17.9 Å². The number of anilines is 1. The summed E-state index contributed by atoms with van der Waals surface area (Å²) in [6, 6.07) is 0.492. The van der Waals surface area contributed by atoms with Gasteiger partial charge in [0, 0.05) is 19.1 Å².